The molecular weight excluding hydrogens is 124 g/mol. The SMILES string of the molecule is CSC(N)(N)C(N)N. The lowest BCUT2D eigenvalue weighted by atomic mass is 10.4. The second-order valence-corrected chi connectivity index (χ2v) is 2.70. The molecule has 0 aliphatic heterocycles. The van der Waals surface area contributed by atoms with E-state index in [4.69, 9.17) is 22.9 Å². The molecule has 0 fully saturated rings. The van der Waals surface area contributed by atoms with Gasteiger partial charge >= 0.3 is 0 Å². The van der Waals surface area contributed by atoms with Crippen LogP contribution in [0.25, 0.3) is 0 Å². The summed E-state index contributed by atoms with van der Waals surface area (Å²) in [7, 11) is 0. The zero-order valence-corrected chi connectivity index (χ0v) is 5.61. The maximum Gasteiger partial charge on any atom is 0.140 e. The van der Waals surface area contributed by atoms with Gasteiger partial charge in [-0.25, -0.2) is 0 Å². The molecule has 0 heterocycles. The average molecular weight is 136 g/mol. The summed E-state index contributed by atoms with van der Waals surface area (Å²) in [5.74, 6) is 0. The third-order valence-electron chi connectivity index (χ3n) is 0.875. The van der Waals surface area contributed by atoms with Crippen molar-refractivity contribution in [2.45, 2.75) is 11.2 Å². The summed E-state index contributed by atoms with van der Waals surface area (Å²) in [5.41, 5.74) is 21.1. The Morgan fingerprint density at radius 1 is 1.38 bits per heavy atom. The summed E-state index contributed by atoms with van der Waals surface area (Å²) in [6.45, 7) is 0. The van der Waals surface area contributed by atoms with Gasteiger partial charge in [-0.1, -0.05) is 0 Å². The Morgan fingerprint density at radius 2 is 1.75 bits per heavy atom. The highest BCUT2D eigenvalue weighted by atomic mass is 32.2. The van der Waals surface area contributed by atoms with Gasteiger partial charge in [0.15, 0.2) is 0 Å². The Hall–Kier alpha value is 0.190. The molecule has 0 saturated carbocycles. The second kappa shape index (κ2) is 2.65. The minimum Gasteiger partial charge on any atom is -0.313 e. The van der Waals surface area contributed by atoms with Crippen LogP contribution in [-0.2, 0) is 0 Å². The van der Waals surface area contributed by atoms with Gasteiger partial charge in [0.1, 0.15) is 4.99 Å². The van der Waals surface area contributed by atoms with Crippen LogP contribution in [0.1, 0.15) is 0 Å². The molecule has 0 bridgehead atoms. The topological polar surface area (TPSA) is 104 Å². The number of rotatable bonds is 2. The Balaban J connectivity index is 3.71. The summed E-state index contributed by atoms with van der Waals surface area (Å²) in [6.07, 6.45) is 1.09. The largest absolute Gasteiger partial charge is 0.313 e. The van der Waals surface area contributed by atoms with Gasteiger partial charge in [0.2, 0.25) is 0 Å². The molecule has 5 heteroatoms. The summed E-state index contributed by atoms with van der Waals surface area (Å²) in [4.78, 5) is -0.986. The van der Waals surface area contributed by atoms with Crippen molar-refractivity contribution in [2.75, 3.05) is 6.26 Å². The van der Waals surface area contributed by atoms with Crippen molar-refractivity contribution in [3.8, 4) is 0 Å². The minimum atomic E-state index is -0.986. The average Bonchev–Trinajstić information content (AvgIpc) is 1.67. The van der Waals surface area contributed by atoms with E-state index in [0.717, 1.165) is 0 Å². The van der Waals surface area contributed by atoms with Gasteiger partial charge < -0.3 is 22.9 Å². The molecule has 0 aliphatic rings. The van der Waals surface area contributed by atoms with Gasteiger partial charge in [0.05, 0.1) is 6.17 Å². The molecule has 0 aliphatic carbocycles. The first-order valence-corrected chi connectivity index (χ1v) is 3.37. The third kappa shape index (κ3) is 1.97. The van der Waals surface area contributed by atoms with Crippen molar-refractivity contribution in [3.63, 3.8) is 0 Å². The van der Waals surface area contributed by atoms with Crippen LogP contribution in [0, 0.1) is 0 Å². The molecule has 0 spiro atoms. The van der Waals surface area contributed by atoms with Crippen molar-refractivity contribution in [3.05, 3.63) is 0 Å². The van der Waals surface area contributed by atoms with Crippen molar-refractivity contribution in [2.24, 2.45) is 22.9 Å². The molecule has 0 aromatic rings. The van der Waals surface area contributed by atoms with Crippen molar-refractivity contribution < 1.29 is 0 Å². The highest BCUT2D eigenvalue weighted by Gasteiger charge is 2.22. The van der Waals surface area contributed by atoms with E-state index < -0.39 is 11.2 Å². The predicted octanol–water partition coefficient (Wildman–Crippen LogP) is -1.84. The van der Waals surface area contributed by atoms with Crippen molar-refractivity contribution in [1.82, 2.24) is 0 Å². The summed E-state index contributed by atoms with van der Waals surface area (Å²) in [6, 6.07) is 0. The maximum atomic E-state index is 5.35. The summed E-state index contributed by atoms with van der Waals surface area (Å²) < 4.78 is 0. The normalized spacial score (nSPS) is 12.8. The maximum absolute atomic E-state index is 5.35. The standard InChI is InChI=1S/C3H12N4S/c1-8-3(6,7)2(4)5/h2H,4-7H2,1H3. The van der Waals surface area contributed by atoms with E-state index in [1.54, 1.807) is 6.26 Å². The van der Waals surface area contributed by atoms with Crippen LogP contribution in [0.15, 0.2) is 0 Å². The minimum absolute atomic E-state index is 0.669. The first-order valence-electron chi connectivity index (χ1n) is 2.15. The Morgan fingerprint density at radius 3 is 1.75 bits per heavy atom. The van der Waals surface area contributed by atoms with E-state index in [1.807, 2.05) is 0 Å². The molecule has 0 rings (SSSR count). The molecule has 0 unspecified atom stereocenters. The molecule has 0 amide bonds. The Labute approximate surface area is 53.0 Å². The third-order valence-corrected chi connectivity index (χ3v) is 1.85. The van der Waals surface area contributed by atoms with Crippen molar-refractivity contribution in [1.29, 1.82) is 0 Å². The molecule has 8 N–H and O–H groups in total. The Kier molecular flexibility index (Phi) is 2.72. The van der Waals surface area contributed by atoms with E-state index in [1.165, 1.54) is 11.8 Å². The van der Waals surface area contributed by atoms with E-state index in [-0.39, 0.29) is 0 Å². The monoisotopic (exact) mass is 136 g/mol. The molecule has 50 valence electrons. The highest BCUT2D eigenvalue weighted by molar-refractivity contribution is 7.99. The molecule has 4 nitrogen and oxygen atoms in total. The molecule has 0 aromatic heterocycles. The van der Waals surface area contributed by atoms with Crippen LogP contribution in [0.2, 0.25) is 0 Å². The van der Waals surface area contributed by atoms with Crippen molar-refractivity contribution >= 4 is 11.8 Å². The number of hydrogen-bond donors (Lipinski definition) is 4. The van der Waals surface area contributed by atoms with E-state index in [9.17, 15) is 0 Å². The van der Waals surface area contributed by atoms with Crippen LogP contribution in [0.5, 0.6) is 0 Å². The van der Waals surface area contributed by atoms with Crippen LogP contribution in [0.4, 0.5) is 0 Å². The fraction of sp³-hybridized carbons (Fsp3) is 1.00. The smallest absolute Gasteiger partial charge is 0.140 e. The fourth-order valence-corrected chi connectivity index (χ4v) is 0.408. The molecule has 8 heavy (non-hydrogen) atoms. The second-order valence-electron chi connectivity index (χ2n) is 1.58. The quantitative estimate of drug-likeness (QED) is 0.334. The summed E-state index contributed by atoms with van der Waals surface area (Å²) >= 11 is 1.24. The van der Waals surface area contributed by atoms with Gasteiger partial charge in [-0.3, -0.25) is 0 Å². The highest BCUT2D eigenvalue weighted by Crippen LogP contribution is 2.07. The lowest BCUT2D eigenvalue weighted by molar-refractivity contribution is 0.512. The van der Waals surface area contributed by atoms with Gasteiger partial charge in [-0.2, -0.15) is 0 Å². The number of hydrogen-bond acceptors (Lipinski definition) is 5. The van der Waals surface area contributed by atoms with Crippen LogP contribution >= 0.6 is 11.8 Å². The molecule has 0 aromatic carbocycles. The van der Waals surface area contributed by atoms with Crippen LogP contribution in [-0.4, -0.2) is 17.4 Å². The molecule has 0 saturated heterocycles. The van der Waals surface area contributed by atoms with E-state index in [0.29, 0.717) is 0 Å². The lowest BCUT2D eigenvalue weighted by Crippen LogP contribution is -2.63. The predicted molar refractivity (Wildman–Crippen MR) is 36.8 cm³/mol. The molecule has 0 radical (unpaired) electrons. The van der Waals surface area contributed by atoms with E-state index >= 15 is 0 Å². The van der Waals surface area contributed by atoms with E-state index in [2.05, 4.69) is 0 Å². The fourth-order valence-electron chi connectivity index (χ4n) is 0.136. The van der Waals surface area contributed by atoms with Crippen LogP contribution in [0.3, 0.4) is 0 Å². The van der Waals surface area contributed by atoms with Crippen LogP contribution < -0.4 is 22.9 Å². The van der Waals surface area contributed by atoms with Gasteiger partial charge in [-0.05, 0) is 6.26 Å². The zero-order chi connectivity index (χ0) is 6.78. The number of thioether (sulfide) groups is 1. The van der Waals surface area contributed by atoms with Gasteiger partial charge in [0.25, 0.3) is 0 Å². The molecule has 0 atom stereocenters. The Bertz CT molecular complexity index is 71.7. The first-order chi connectivity index (χ1) is 3.50. The van der Waals surface area contributed by atoms with Gasteiger partial charge in [0, 0.05) is 0 Å². The van der Waals surface area contributed by atoms with Gasteiger partial charge in [-0.15, -0.1) is 11.8 Å². The molecular formula is C3H12N4S. The zero-order valence-electron chi connectivity index (χ0n) is 4.79. The number of nitrogens with two attached hydrogens (primary N) is 4. The lowest BCUT2D eigenvalue weighted by Gasteiger charge is -2.25. The first kappa shape index (κ1) is 8.19. The summed E-state index contributed by atoms with van der Waals surface area (Å²) in [5, 5.41) is 0.